The van der Waals surface area contributed by atoms with Crippen molar-refractivity contribution < 1.29 is 31.9 Å². The average molecular weight is 539 g/mol. The van der Waals surface area contributed by atoms with Crippen LogP contribution in [0.15, 0.2) is 82.1 Å². The minimum atomic E-state index is -4.13. The van der Waals surface area contributed by atoms with Crippen LogP contribution in [0.1, 0.15) is 29.0 Å². The summed E-state index contributed by atoms with van der Waals surface area (Å²) < 4.78 is 53.5. The monoisotopic (exact) mass is 538 g/mol. The van der Waals surface area contributed by atoms with Crippen LogP contribution in [0.5, 0.6) is 5.75 Å². The minimum Gasteiger partial charge on any atom is -0.493 e. The highest BCUT2D eigenvalue weighted by Gasteiger charge is 2.19. The number of nitrogens with zero attached hydrogens (tertiary/aromatic N) is 1. The number of hydrogen-bond acceptors (Lipinski definition) is 6. The van der Waals surface area contributed by atoms with Gasteiger partial charge in [-0.25, -0.2) is 22.5 Å². The summed E-state index contributed by atoms with van der Waals surface area (Å²) in [5.41, 5.74) is 2.82. The van der Waals surface area contributed by atoms with E-state index in [9.17, 15) is 17.6 Å². The van der Waals surface area contributed by atoms with Crippen LogP contribution < -0.4 is 9.46 Å². The summed E-state index contributed by atoms with van der Waals surface area (Å²) in [4.78, 5) is 15.2. The lowest BCUT2D eigenvalue weighted by Crippen LogP contribution is -2.25. The van der Waals surface area contributed by atoms with Crippen molar-refractivity contribution in [3.05, 3.63) is 101 Å². The van der Waals surface area contributed by atoms with Crippen molar-refractivity contribution in [3.8, 4) is 17.2 Å². The number of benzene rings is 3. The van der Waals surface area contributed by atoms with Crippen molar-refractivity contribution in [2.45, 2.75) is 37.6 Å². The number of carboxylic acid groups (broad SMARTS) is 1. The molecular formula is C28H27FN2O6S. The van der Waals surface area contributed by atoms with Gasteiger partial charge < -0.3 is 14.3 Å². The molecule has 0 aliphatic rings. The van der Waals surface area contributed by atoms with Crippen LogP contribution in [0.4, 0.5) is 4.39 Å². The van der Waals surface area contributed by atoms with Crippen LogP contribution >= 0.6 is 0 Å². The zero-order valence-electron chi connectivity index (χ0n) is 20.7. The Morgan fingerprint density at radius 2 is 1.76 bits per heavy atom. The SMILES string of the molecule is Cc1oc(-c2ccccc2)nc1CCOc1ccc(CCC(=O)O)c(CNS(=O)(=O)c2ccccc2F)c1. The van der Waals surface area contributed by atoms with Gasteiger partial charge in [0, 0.05) is 24.9 Å². The lowest BCUT2D eigenvalue weighted by atomic mass is 10.0. The number of carboxylic acids is 1. The number of rotatable bonds is 12. The summed E-state index contributed by atoms with van der Waals surface area (Å²) in [6.45, 7) is 1.97. The molecule has 10 heteroatoms. The van der Waals surface area contributed by atoms with E-state index >= 15 is 0 Å². The Kier molecular flexibility index (Phi) is 8.55. The van der Waals surface area contributed by atoms with Crippen molar-refractivity contribution in [3.63, 3.8) is 0 Å². The number of ether oxygens (including phenoxy) is 1. The predicted molar refractivity (Wildman–Crippen MR) is 139 cm³/mol. The Bertz CT molecular complexity index is 1520. The third kappa shape index (κ3) is 6.84. The molecule has 4 rings (SSSR count). The first-order valence-electron chi connectivity index (χ1n) is 12.0. The number of oxazole rings is 1. The maximum Gasteiger partial charge on any atom is 0.303 e. The molecule has 1 heterocycles. The van der Waals surface area contributed by atoms with Crippen LogP contribution in [-0.2, 0) is 34.2 Å². The molecule has 0 bridgehead atoms. The number of sulfonamides is 1. The Balaban J connectivity index is 1.46. The van der Waals surface area contributed by atoms with Gasteiger partial charge in [0.25, 0.3) is 0 Å². The van der Waals surface area contributed by atoms with Gasteiger partial charge in [0.1, 0.15) is 22.2 Å². The van der Waals surface area contributed by atoms with Gasteiger partial charge in [0.05, 0.1) is 12.3 Å². The molecule has 0 saturated carbocycles. The molecule has 198 valence electrons. The first kappa shape index (κ1) is 27.0. The molecule has 0 fully saturated rings. The predicted octanol–water partition coefficient (Wildman–Crippen LogP) is 4.91. The Hall–Kier alpha value is -4.02. The first-order chi connectivity index (χ1) is 18.2. The number of aromatic nitrogens is 1. The quantitative estimate of drug-likeness (QED) is 0.263. The van der Waals surface area contributed by atoms with Crippen LogP contribution in [0, 0.1) is 12.7 Å². The van der Waals surface area contributed by atoms with Crippen LogP contribution in [0.2, 0.25) is 0 Å². The molecule has 2 N–H and O–H groups in total. The van der Waals surface area contributed by atoms with E-state index in [2.05, 4.69) is 9.71 Å². The molecule has 1 aromatic heterocycles. The fourth-order valence-corrected chi connectivity index (χ4v) is 4.97. The highest BCUT2D eigenvalue weighted by atomic mass is 32.2. The van der Waals surface area contributed by atoms with Crippen molar-refractivity contribution in [2.75, 3.05) is 6.61 Å². The van der Waals surface area contributed by atoms with Gasteiger partial charge in [0.15, 0.2) is 0 Å². The molecule has 3 aromatic carbocycles. The Labute approximate surface area is 220 Å². The van der Waals surface area contributed by atoms with Crippen molar-refractivity contribution in [2.24, 2.45) is 0 Å². The third-order valence-corrected chi connectivity index (χ3v) is 7.32. The minimum absolute atomic E-state index is 0.123. The maximum absolute atomic E-state index is 14.1. The third-order valence-electron chi connectivity index (χ3n) is 5.89. The summed E-state index contributed by atoms with van der Waals surface area (Å²) in [5, 5.41) is 9.09. The number of hydrogen-bond donors (Lipinski definition) is 2. The van der Waals surface area contributed by atoms with Gasteiger partial charge in [-0.3, -0.25) is 4.79 Å². The van der Waals surface area contributed by atoms with Gasteiger partial charge in [0.2, 0.25) is 15.9 Å². The van der Waals surface area contributed by atoms with Crippen molar-refractivity contribution in [1.82, 2.24) is 9.71 Å². The largest absolute Gasteiger partial charge is 0.493 e. The average Bonchev–Trinajstić information content (AvgIpc) is 3.27. The number of nitrogens with one attached hydrogen (secondary N) is 1. The van der Waals surface area contributed by atoms with Crippen LogP contribution in [0.25, 0.3) is 11.5 Å². The fourth-order valence-electron chi connectivity index (χ4n) is 3.89. The highest BCUT2D eigenvalue weighted by molar-refractivity contribution is 7.89. The van der Waals surface area contributed by atoms with Crippen LogP contribution in [0.3, 0.4) is 0 Å². The van der Waals surface area contributed by atoms with E-state index in [1.54, 1.807) is 18.2 Å². The molecule has 8 nitrogen and oxygen atoms in total. The number of aliphatic carboxylic acids is 1. The fraction of sp³-hybridized carbons (Fsp3) is 0.214. The maximum atomic E-state index is 14.1. The molecule has 0 amide bonds. The summed E-state index contributed by atoms with van der Waals surface area (Å²) in [7, 11) is -4.13. The molecule has 0 saturated heterocycles. The van der Waals surface area contributed by atoms with Gasteiger partial charge in [-0.1, -0.05) is 36.4 Å². The number of aryl methyl sites for hydroxylation is 2. The van der Waals surface area contributed by atoms with Crippen molar-refractivity contribution >= 4 is 16.0 Å². The molecule has 0 aliphatic heterocycles. The molecule has 0 aliphatic carbocycles. The van der Waals surface area contributed by atoms with E-state index in [0.717, 1.165) is 17.3 Å². The summed E-state index contributed by atoms with van der Waals surface area (Å²) >= 11 is 0. The molecule has 4 aromatic rings. The zero-order chi connectivity index (χ0) is 27.1. The second-order valence-electron chi connectivity index (χ2n) is 8.57. The topological polar surface area (TPSA) is 119 Å². The van der Waals surface area contributed by atoms with E-state index in [-0.39, 0.29) is 26.0 Å². The van der Waals surface area contributed by atoms with E-state index < -0.39 is 26.7 Å². The summed E-state index contributed by atoms with van der Waals surface area (Å²) in [5.74, 6) is -0.124. The smallest absolute Gasteiger partial charge is 0.303 e. The molecule has 38 heavy (non-hydrogen) atoms. The lowest BCUT2D eigenvalue weighted by Gasteiger charge is -2.14. The zero-order valence-corrected chi connectivity index (χ0v) is 21.5. The first-order valence-corrected chi connectivity index (χ1v) is 13.4. The van der Waals surface area contributed by atoms with Crippen molar-refractivity contribution in [1.29, 1.82) is 0 Å². The number of halogens is 1. The van der Waals surface area contributed by atoms with Gasteiger partial charge in [-0.15, -0.1) is 0 Å². The van der Waals surface area contributed by atoms with Gasteiger partial charge in [-0.05, 0) is 60.9 Å². The van der Waals surface area contributed by atoms with Crippen LogP contribution in [-0.4, -0.2) is 31.1 Å². The molecule has 0 radical (unpaired) electrons. The van der Waals surface area contributed by atoms with E-state index in [1.165, 1.54) is 18.2 Å². The molecule has 0 spiro atoms. The summed E-state index contributed by atoms with van der Waals surface area (Å²) in [6, 6.07) is 19.7. The molecule has 0 unspecified atom stereocenters. The molecular weight excluding hydrogens is 511 g/mol. The standard InChI is InChI=1S/C28H27FN2O6S/c1-19-25(31-28(37-19)21-7-3-2-4-8-21)15-16-36-23-13-11-20(12-14-27(32)33)22(17-23)18-30-38(34,35)26-10-6-5-9-24(26)29/h2-11,13,17,30H,12,14-16,18H2,1H3,(H,32,33). The second kappa shape index (κ2) is 12.0. The van der Waals surface area contributed by atoms with E-state index in [1.807, 2.05) is 37.3 Å². The Morgan fingerprint density at radius 3 is 2.50 bits per heavy atom. The van der Waals surface area contributed by atoms with E-state index in [0.29, 0.717) is 34.9 Å². The number of carbonyl (C=O) groups is 1. The second-order valence-corrected chi connectivity index (χ2v) is 10.3. The lowest BCUT2D eigenvalue weighted by molar-refractivity contribution is -0.136. The highest BCUT2D eigenvalue weighted by Crippen LogP contribution is 2.24. The molecule has 0 atom stereocenters. The normalized spacial score (nSPS) is 11.4. The van der Waals surface area contributed by atoms with E-state index in [4.69, 9.17) is 14.3 Å². The van der Waals surface area contributed by atoms with Gasteiger partial charge in [-0.2, -0.15) is 0 Å². The van der Waals surface area contributed by atoms with Gasteiger partial charge >= 0.3 is 5.97 Å². The summed E-state index contributed by atoms with van der Waals surface area (Å²) in [6.07, 6.45) is 0.563. The Morgan fingerprint density at radius 1 is 1.03 bits per heavy atom.